The van der Waals surface area contributed by atoms with Gasteiger partial charge in [0.15, 0.2) is 0 Å². The second-order valence-corrected chi connectivity index (χ2v) is 5.23. The van der Waals surface area contributed by atoms with Crippen molar-refractivity contribution in [2.75, 3.05) is 24.4 Å². The Labute approximate surface area is 126 Å². The molecule has 0 saturated heterocycles. The summed E-state index contributed by atoms with van der Waals surface area (Å²) in [5, 5.41) is 6.20. The van der Waals surface area contributed by atoms with Crippen LogP contribution in [0.2, 0.25) is 0 Å². The minimum atomic E-state index is -0.426. The molecule has 2 atom stereocenters. The van der Waals surface area contributed by atoms with Gasteiger partial charge in [0, 0.05) is 18.5 Å². The van der Waals surface area contributed by atoms with Crippen LogP contribution in [-0.4, -0.2) is 32.0 Å². The molecule has 1 aromatic rings. The van der Waals surface area contributed by atoms with Crippen LogP contribution in [0.1, 0.15) is 32.6 Å². The van der Waals surface area contributed by atoms with Gasteiger partial charge in [0.1, 0.15) is 0 Å². The van der Waals surface area contributed by atoms with E-state index in [0.717, 1.165) is 24.2 Å². The summed E-state index contributed by atoms with van der Waals surface area (Å²) in [6.45, 7) is 2.15. The van der Waals surface area contributed by atoms with E-state index in [0.29, 0.717) is 12.6 Å². The van der Waals surface area contributed by atoms with Gasteiger partial charge in [-0.2, -0.15) is 0 Å². The molecule has 0 aliphatic heterocycles. The van der Waals surface area contributed by atoms with E-state index in [-0.39, 0.29) is 6.10 Å². The lowest BCUT2D eigenvalue weighted by molar-refractivity contribution is 0.0606. The molecule has 21 heavy (non-hydrogen) atoms. The second kappa shape index (κ2) is 7.88. The lowest BCUT2D eigenvalue weighted by atomic mass is 9.92. The van der Waals surface area contributed by atoms with E-state index < -0.39 is 6.09 Å². The van der Waals surface area contributed by atoms with Gasteiger partial charge in [-0.15, -0.1) is 0 Å². The number of anilines is 2. The van der Waals surface area contributed by atoms with Crippen LogP contribution < -0.4 is 10.6 Å². The number of ether oxygens (including phenoxy) is 2. The maximum atomic E-state index is 11.3. The highest BCUT2D eigenvalue weighted by Crippen LogP contribution is 2.24. The number of methoxy groups -OCH3 is 1. The van der Waals surface area contributed by atoms with Crippen LogP contribution in [0.15, 0.2) is 24.3 Å². The summed E-state index contributed by atoms with van der Waals surface area (Å²) in [7, 11) is 1.77. The number of carbonyl (C=O) groups excluding carboxylic acids is 1. The second-order valence-electron chi connectivity index (χ2n) is 5.23. The smallest absolute Gasteiger partial charge is 0.411 e. The maximum Gasteiger partial charge on any atom is 0.411 e. The van der Waals surface area contributed by atoms with Crippen LogP contribution in [0.3, 0.4) is 0 Å². The first kappa shape index (κ1) is 15.6. The van der Waals surface area contributed by atoms with Crippen LogP contribution in [0, 0.1) is 0 Å². The van der Waals surface area contributed by atoms with E-state index in [2.05, 4.69) is 10.6 Å². The Morgan fingerprint density at radius 1 is 1.19 bits per heavy atom. The number of hydrogen-bond acceptors (Lipinski definition) is 4. The molecule has 0 radical (unpaired) electrons. The summed E-state index contributed by atoms with van der Waals surface area (Å²) in [4.78, 5) is 11.3. The fourth-order valence-electron chi connectivity index (χ4n) is 2.69. The molecule has 0 spiro atoms. The minimum absolute atomic E-state index is 0.274. The van der Waals surface area contributed by atoms with Crippen molar-refractivity contribution in [3.05, 3.63) is 24.3 Å². The molecular formula is C16H24N2O3. The van der Waals surface area contributed by atoms with E-state index in [1.807, 2.05) is 24.3 Å². The molecule has 5 nitrogen and oxygen atoms in total. The topological polar surface area (TPSA) is 59.6 Å². The van der Waals surface area contributed by atoms with E-state index in [1.165, 1.54) is 12.8 Å². The normalized spacial score (nSPS) is 21.6. The number of nitrogens with one attached hydrogen (secondary N) is 2. The van der Waals surface area contributed by atoms with Gasteiger partial charge in [-0.3, -0.25) is 5.32 Å². The van der Waals surface area contributed by atoms with Gasteiger partial charge in [0.25, 0.3) is 0 Å². The lowest BCUT2D eigenvalue weighted by Gasteiger charge is -2.31. The molecule has 0 aromatic heterocycles. The molecule has 0 bridgehead atoms. The molecular weight excluding hydrogens is 268 g/mol. The summed E-state index contributed by atoms with van der Waals surface area (Å²) in [6, 6.07) is 8.01. The zero-order valence-corrected chi connectivity index (χ0v) is 12.7. The van der Waals surface area contributed by atoms with Gasteiger partial charge in [-0.25, -0.2) is 4.79 Å². The van der Waals surface area contributed by atoms with Crippen molar-refractivity contribution in [1.29, 1.82) is 0 Å². The van der Waals surface area contributed by atoms with Gasteiger partial charge >= 0.3 is 6.09 Å². The van der Waals surface area contributed by atoms with Crippen molar-refractivity contribution in [3.8, 4) is 0 Å². The SMILES string of the molecule is CCOC(=O)Nc1ccc(NC2CCCCC2OC)cc1. The van der Waals surface area contributed by atoms with Crippen molar-refractivity contribution in [2.45, 2.75) is 44.8 Å². The molecule has 2 unspecified atom stereocenters. The molecule has 1 fully saturated rings. The Kier molecular flexibility index (Phi) is 5.87. The Morgan fingerprint density at radius 3 is 2.52 bits per heavy atom. The molecule has 1 amide bonds. The standard InChI is InChI=1S/C16H24N2O3/c1-3-21-16(19)18-13-10-8-12(9-11-13)17-14-6-4-5-7-15(14)20-2/h8-11,14-15,17H,3-7H2,1-2H3,(H,18,19). The van der Waals surface area contributed by atoms with Gasteiger partial charge in [-0.1, -0.05) is 12.8 Å². The van der Waals surface area contributed by atoms with E-state index >= 15 is 0 Å². The Hall–Kier alpha value is -1.75. The fraction of sp³-hybridized carbons (Fsp3) is 0.562. The van der Waals surface area contributed by atoms with Crippen molar-refractivity contribution in [3.63, 3.8) is 0 Å². The van der Waals surface area contributed by atoms with Crippen LogP contribution in [0.25, 0.3) is 0 Å². The van der Waals surface area contributed by atoms with E-state index in [1.54, 1.807) is 14.0 Å². The molecule has 2 N–H and O–H groups in total. The summed E-state index contributed by atoms with van der Waals surface area (Å²) >= 11 is 0. The van der Waals surface area contributed by atoms with Crippen molar-refractivity contribution >= 4 is 17.5 Å². The first-order valence-electron chi connectivity index (χ1n) is 7.56. The average molecular weight is 292 g/mol. The maximum absolute atomic E-state index is 11.3. The third kappa shape index (κ3) is 4.63. The Bertz CT molecular complexity index is 447. The first-order chi connectivity index (χ1) is 10.2. The van der Waals surface area contributed by atoms with Gasteiger partial charge in [0.05, 0.1) is 18.8 Å². The minimum Gasteiger partial charge on any atom is -0.450 e. The monoisotopic (exact) mass is 292 g/mol. The predicted octanol–water partition coefficient (Wildman–Crippen LogP) is 3.62. The summed E-state index contributed by atoms with van der Waals surface area (Å²) in [6.07, 6.45) is 4.55. The molecule has 1 saturated carbocycles. The molecule has 5 heteroatoms. The predicted molar refractivity (Wildman–Crippen MR) is 83.8 cm³/mol. The molecule has 1 aliphatic carbocycles. The molecule has 1 aliphatic rings. The van der Waals surface area contributed by atoms with Gasteiger partial charge in [0.2, 0.25) is 0 Å². The Morgan fingerprint density at radius 2 is 1.86 bits per heavy atom. The molecule has 2 rings (SSSR count). The zero-order valence-electron chi connectivity index (χ0n) is 12.7. The fourth-order valence-corrected chi connectivity index (χ4v) is 2.69. The molecule has 116 valence electrons. The largest absolute Gasteiger partial charge is 0.450 e. The van der Waals surface area contributed by atoms with Crippen LogP contribution in [-0.2, 0) is 9.47 Å². The zero-order chi connectivity index (χ0) is 15.1. The van der Waals surface area contributed by atoms with Crippen LogP contribution in [0.5, 0.6) is 0 Å². The average Bonchev–Trinajstić information content (AvgIpc) is 2.50. The third-order valence-electron chi connectivity index (χ3n) is 3.76. The highest BCUT2D eigenvalue weighted by Gasteiger charge is 2.24. The van der Waals surface area contributed by atoms with Crippen LogP contribution >= 0.6 is 0 Å². The first-order valence-corrected chi connectivity index (χ1v) is 7.56. The Balaban J connectivity index is 1.91. The highest BCUT2D eigenvalue weighted by atomic mass is 16.5. The summed E-state index contributed by atoms with van der Waals surface area (Å²) < 4.78 is 10.4. The number of amides is 1. The molecule has 0 heterocycles. The molecule has 1 aromatic carbocycles. The highest BCUT2D eigenvalue weighted by molar-refractivity contribution is 5.84. The summed E-state index contributed by atoms with van der Waals surface area (Å²) in [5.74, 6) is 0. The van der Waals surface area contributed by atoms with Gasteiger partial charge in [-0.05, 0) is 44.0 Å². The van der Waals surface area contributed by atoms with Gasteiger partial charge < -0.3 is 14.8 Å². The number of hydrogen-bond donors (Lipinski definition) is 2. The van der Waals surface area contributed by atoms with Crippen molar-refractivity contribution < 1.29 is 14.3 Å². The van der Waals surface area contributed by atoms with Crippen molar-refractivity contribution in [1.82, 2.24) is 0 Å². The number of rotatable bonds is 5. The van der Waals surface area contributed by atoms with E-state index in [4.69, 9.17) is 9.47 Å². The summed E-state index contributed by atoms with van der Waals surface area (Å²) in [5.41, 5.74) is 1.77. The lowest BCUT2D eigenvalue weighted by Crippen LogP contribution is -2.37. The van der Waals surface area contributed by atoms with Crippen molar-refractivity contribution in [2.24, 2.45) is 0 Å². The quantitative estimate of drug-likeness (QED) is 0.870. The number of benzene rings is 1. The third-order valence-corrected chi connectivity index (χ3v) is 3.76. The van der Waals surface area contributed by atoms with E-state index in [9.17, 15) is 4.79 Å². The number of carbonyl (C=O) groups is 1. The van der Waals surface area contributed by atoms with Crippen LogP contribution in [0.4, 0.5) is 16.2 Å².